The van der Waals surface area contributed by atoms with Crippen LogP contribution in [0.3, 0.4) is 0 Å². The number of carboxylic acid groups (broad SMARTS) is 1. The summed E-state index contributed by atoms with van der Waals surface area (Å²) in [5.41, 5.74) is 2.37. The van der Waals surface area contributed by atoms with Crippen LogP contribution in [0.2, 0.25) is 0 Å². The number of aromatic nitrogens is 2. The molecule has 0 bridgehead atoms. The van der Waals surface area contributed by atoms with E-state index in [1.807, 2.05) is 19.1 Å². The minimum absolute atomic E-state index is 0.0724. The lowest BCUT2D eigenvalue weighted by molar-refractivity contribution is -0.147. The van der Waals surface area contributed by atoms with Crippen molar-refractivity contribution in [2.75, 3.05) is 10.6 Å². The maximum absolute atomic E-state index is 12.4. The molecular weight excluding hydrogens is 400 g/mol. The van der Waals surface area contributed by atoms with Crippen LogP contribution in [0.15, 0.2) is 42.9 Å². The topological polar surface area (TPSA) is 131 Å². The first-order valence-corrected chi connectivity index (χ1v) is 9.42. The van der Waals surface area contributed by atoms with Crippen LogP contribution in [-0.2, 0) is 14.3 Å². The summed E-state index contributed by atoms with van der Waals surface area (Å²) in [6.45, 7) is 7.23. The van der Waals surface area contributed by atoms with Crippen LogP contribution in [0.25, 0.3) is 21.9 Å². The molecule has 1 aromatic carbocycles. The summed E-state index contributed by atoms with van der Waals surface area (Å²) in [4.78, 5) is 43.0. The molecule has 0 unspecified atom stereocenters. The van der Waals surface area contributed by atoms with E-state index in [9.17, 15) is 14.4 Å². The lowest BCUT2D eigenvalue weighted by Crippen LogP contribution is -2.27. The largest absolute Gasteiger partial charge is 0.474 e. The maximum atomic E-state index is 12.4. The van der Waals surface area contributed by atoms with Crippen LogP contribution in [-0.4, -0.2) is 38.6 Å². The summed E-state index contributed by atoms with van der Waals surface area (Å²) in [5, 5.41) is 15.0. The van der Waals surface area contributed by atoms with Crippen molar-refractivity contribution in [1.29, 1.82) is 0 Å². The molecule has 0 aliphatic rings. The smallest absolute Gasteiger partial charge is 0.412 e. The van der Waals surface area contributed by atoms with Crippen LogP contribution in [0.1, 0.15) is 26.3 Å². The number of nitrogens with one attached hydrogen (secondary N) is 2. The number of hydrogen-bond donors (Lipinski definition) is 3. The van der Waals surface area contributed by atoms with Crippen LogP contribution < -0.4 is 10.6 Å². The molecule has 31 heavy (non-hydrogen) atoms. The minimum atomic E-state index is -1.62. The third-order valence-electron chi connectivity index (χ3n) is 4.26. The lowest BCUT2D eigenvalue weighted by atomic mass is 9.99. The van der Waals surface area contributed by atoms with Gasteiger partial charge in [-0.2, -0.15) is 0 Å². The first-order chi connectivity index (χ1) is 14.5. The second-order valence-electron chi connectivity index (χ2n) is 7.89. The Hall–Kier alpha value is -4.01. The average molecular weight is 422 g/mol. The molecule has 0 fully saturated rings. The summed E-state index contributed by atoms with van der Waals surface area (Å²) >= 11 is 0. The highest BCUT2D eigenvalue weighted by Crippen LogP contribution is 2.33. The number of pyridine rings is 2. The van der Waals surface area contributed by atoms with Crippen molar-refractivity contribution in [3.8, 4) is 11.1 Å². The molecule has 9 nitrogen and oxygen atoms in total. The van der Waals surface area contributed by atoms with Gasteiger partial charge in [-0.25, -0.2) is 14.6 Å². The summed E-state index contributed by atoms with van der Waals surface area (Å²) in [6, 6.07) is 7.03. The van der Waals surface area contributed by atoms with Crippen LogP contribution in [0.4, 0.5) is 16.3 Å². The number of aryl methyl sites for hydroxylation is 1. The minimum Gasteiger partial charge on any atom is -0.474 e. The van der Waals surface area contributed by atoms with Crippen LogP contribution in [0.5, 0.6) is 0 Å². The number of aliphatic carboxylic acids is 1. The first kappa shape index (κ1) is 21.7. The SMILES string of the molecule is Cc1ccncc1-c1cc(NC(=O)OC(C)(C)C)c2cnc(NC(=O)C(=O)O)cc2c1. The second-order valence-corrected chi connectivity index (χ2v) is 7.89. The van der Waals surface area contributed by atoms with Crippen molar-refractivity contribution >= 4 is 40.2 Å². The Morgan fingerprint density at radius 3 is 2.45 bits per heavy atom. The van der Waals surface area contributed by atoms with Gasteiger partial charge >= 0.3 is 18.0 Å². The maximum Gasteiger partial charge on any atom is 0.412 e. The number of ether oxygens (including phenoxy) is 1. The zero-order valence-corrected chi connectivity index (χ0v) is 17.5. The molecule has 3 rings (SSSR count). The van der Waals surface area contributed by atoms with Crippen LogP contribution in [0, 0.1) is 6.92 Å². The predicted octanol–water partition coefficient (Wildman–Crippen LogP) is 3.98. The van der Waals surface area contributed by atoms with Crippen molar-refractivity contribution in [1.82, 2.24) is 9.97 Å². The van der Waals surface area contributed by atoms with Gasteiger partial charge in [-0.05, 0) is 68.5 Å². The molecule has 0 radical (unpaired) electrons. The summed E-state index contributed by atoms with van der Waals surface area (Å²) in [7, 11) is 0. The summed E-state index contributed by atoms with van der Waals surface area (Å²) < 4.78 is 5.36. The third-order valence-corrected chi connectivity index (χ3v) is 4.26. The predicted molar refractivity (Wildman–Crippen MR) is 116 cm³/mol. The molecule has 2 aromatic heterocycles. The lowest BCUT2D eigenvalue weighted by Gasteiger charge is -2.20. The highest BCUT2D eigenvalue weighted by Gasteiger charge is 2.19. The van der Waals surface area contributed by atoms with E-state index in [4.69, 9.17) is 9.84 Å². The number of nitrogens with zero attached hydrogens (tertiary/aromatic N) is 2. The Morgan fingerprint density at radius 1 is 1.06 bits per heavy atom. The Morgan fingerprint density at radius 2 is 1.81 bits per heavy atom. The quantitative estimate of drug-likeness (QED) is 0.544. The van der Waals surface area contributed by atoms with Gasteiger partial charge in [-0.3, -0.25) is 15.1 Å². The van der Waals surface area contributed by atoms with E-state index >= 15 is 0 Å². The zero-order valence-electron chi connectivity index (χ0n) is 17.5. The van der Waals surface area contributed by atoms with E-state index in [-0.39, 0.29) is 5.82 Å². The number of carboxylic acids is 1. The molecule has 0 aliphatic carbocycles. The molecular formula is C22H22N4O5. The number of benzene rings is 1. The molecule has 0 saturated heterocycles. The molecule has 0 aliphatic heterocycles. The van der Waals surface area contributed by atoms with Crippen molar-refractivity contribution in [2.24, 2.45) is 0 Å². The number of fused-ring (bicyclic) bond motifs is 1. The second kappa shape index (κ2) is 8.39. The molecule has 3 aromatic rings. The zero-order chi connectivity index (χ0) is 22.8. The molecule has 3 N–H and O–H groups in total. The Labute approximate surface area is 178 Å². The molecule has 2 heterocycles. The van der Waals surface area contributed by atoms with Gasteiger partial charge in [0.2, 0.25) is 0 Å². The van der Waals surface area contributed by atoms with E-state index < -0.39 is 23.6 Å². The normalized spacial score (nSPS) is 11.1. The Kier molecular flexibility index (Phi) is 5.87. The van der Waals surface area contributed by atoms with Crippen molar-refractivity contribution in [3.63, 3.8) is 0 Å². The van der Waals surface area contributed by atoms with E-state index in [1.165, 1.54) is 12.3 Å². The molecule has 0 saturated carbocycles. The number of anilines is 2. The fourth-order valence-corrected chi connectivity index (χ4v) is 2.93. The van der Waals surface area contributed by atoms with E-state index in [1.54, 1.807) is 39.2 Å². The van der Waals surface area contributed by atoms with Gasteiger partial charge in [0.1, 0.15) is 11.4 Å². The fourth-order valence-electron chi connectivity index (χ4n) is 2.93. The average Bonchev–Trinajstić information content (AvgIpc) is 2.66. The van der Waals surface area contributed by atoms with Gasteiger partial charge in [-0.15, -0.1) is 0 Å². The summed E-state index contributed by atoms with van der Waals surface area (Å²) in [5.74, 6) is -2.74. The van der Waals surface area contributed by atoms with Crippen molar-refractivity contribution in [2.45, 2.75) is 33.3 Å². The van der Waals surface area contributed by atoms with Gasteiger partial charge in [-0.1, -0.05) is 0 Å². The first-order valence-electron chi connectivity index (χ1n) is 9.42. The van der Waals surface area contributed by atoms with Crippen LogP contribution >= 0.6 is 0 Å². The van der Waals surface area contributed by atoms with E-state index in [0.29, 0.717) is 16.5 Å². The van der Waals surface area contributed by atoms with Gasteiger partial charge in [0.15, 0.2) is 0 Å². The fraction of sp³-hybridized carbons (Fsp3) is 0.227. The van der Waals surface area contributed by atoms with Gasteiger partial charge < -0.3 is 15.2 Å². The van der Waals surface area contributed by atoms with Crippen molar-refractivity contribution < 1.29 is 24.2 Å². The number of carbonyl (C=O) groups is 3. The van der Waals surface area contributed by atoms with Gasteiger partial charge in [0, 0.05) is 29.5 Å². The van der Waals surface area contributed by atoms with Gasteiger partial charge in [0.05, 0.1) is 5.69 Å². The molecule has 0 spiro atoms. The molecule has 0 atom stereocenters. The van der Waals surface area contributed by atoms with E-state index in [2.05, 4.69) is 20.6 Å². The molecule has 2 amide bonds. The Balaban J connectivity index is 2.11. The Bertz CT molecular complexity index is 1180. The highest BCUT2D eigenvalue weighted by atomic mass is 16.6. The molecule has 160 valence electrons. The number of hydrogen-bond acceptors (Lipinski definition) is 6. The van der Waals surface area contributed by atoms with Gasteiger partial charge in [0.25, 0.3) is 0 Å². The number of carbonyl (C=O) groups excluding carboxylic acids is 2. The monoisotopic (exact) mass is 422 g/mol. The number of rotatable bonds is 3. The standard InChI is InChI=1S/C22H22N4O5/c1-12-5-6-23-10-15(12)13-7-14-9-18(26-19(27)20(28)29)24-11-16(14)17(8-13)25-21(30)31-22(2,3)4/h5-11H,1-4H3,(H,25,30)(H,28,29)(H,24,26,27). The molecule has 9 heteroatoms. The third kappa shape index (κ3) is 5.33. The van der Waals surface area contributed by atoms with E-state index in [0.717, 1.165) is 16.7 Å². The van der Waals surface area contributed by atoms with Crippen molar-refractivity contribution in [3.05, 3.63) is 48.4 Å². The number of amides is 2. The highest BCUT2D eigenvalue weighted by molar-refractivity contribution is 6.36. The summed E-state index contributed by atoms with van der Waals surface area (Å²) in [6.07, 6.45) is 4.21.